The lowest BCUT2D eigenvalue weighted by atomic mass is 9.77. The predicted octanol–water partition coefficient (Wildman–Crippen LogP) is 4.72. The number of nitrogens with one attached hydrogen (secondary N) is 2. The van der Waals surface area contributed by atoms with E-state index in [9.17, 15) is 9.59 Å². The highest BCUT2D eigenvalue weighted by molar-refractivity contribution is 6.00. The molecular weight excluding hydrogens is 440 g/mol. The second-order valence-electron chi connectivity index (χ2n) is 8.76. The van der Waals surface area contributed by atoms with Crippen molar-refractivity contribution in [2.24, 2.45) is 0 Å². The molecule has 4 rings (SSSR count). The maximum Gasteiger partial charge on any atom is 0.408 e. The summed E-state index contributed by atoms with van der Waals surface area (Å²) in [4.78, 5) is 32.7. The van der Waals surface area contributed by atoms with Crippen molar-refractivity contribution in [3.05, 3.63) is 89.7 Å². The van der Waals surface area contributed by atoms with Crippen molar-refractivity contribution in [1.29, 1.82) is 0 Å². The highest BCUT2D eigenvalue weighted by atomic mass is 16.5. The first-order chi connectivity index (χ1) is 17.0. The maximum absolute atomic E-state index is 13.6. The van der Waals surface area contributed by atoms with E-state index in [4.69, 9.17) is 4.74 Å². The molecule has 1 atom stereocenters. The molecule has 0 saturated heterocycles. The van der Waals surface area contributed by atoms with Crippen molar-refractivity contribution in [1.82, 2.24) is 10.3 Å². The monoisotopic (exact) mass is 472 g/mol. The van der Waals surface area contributed by atoms with Crippen LogP contribution >= 0.6 is 0 Å². The van der Waals surface area contributed by atoms with E-state index < -0.39 is 11.6 Å². The minimum Gasteiger partial charge on any atom is -0.445 e. The van der Waals surface area contributed by atoms with Crippen LogP contribution < -0.4 is 15.5 Å². The lowest BCUT2D eigenvalue weighted by Crippen LogP contribution is -2.60. The number of aromatic nitrogens is 1. The van der Waals surface area contributed by atoms with Crippen LogP contribution in [0.3, 0.4) is 0 Å². The van der Waals surface area contributed by atoms with E-state index in [1.807, 2.05) is 48.5 Å². The molecule has 1 heterocycles. The van der Waals surface area contributed by atoms with Gasteiger partial charge in [-0.05, 0) is 68.1 Å². The first kappa shape index (κ1) is 24.3. The molecule has 2 aromatic carbocycles. The Balaban J connectivity index is 1.51. The number of alkyl carbamates (subject to hydrolysis) is 1. The Kier molecular flexibility index (Phi) is 7.65. The molecule has 1 aromatic heterocycles. The molecule has 7 heteroatoms. The summed E-state index contributed by atoms with van der Waals surface area (Å²) in [6.07, 6.45) is 4.25. The number of hydrogen-bond acceptors (Lipinski definition) is 5. The molecule has 3 aromatic rings. The number of fused-ring (bicyclic) bond motifs is 1. The highest BCUT2D eigenvalue weighted by Crippen LogP contribution is 2.30. The van der Waals surface area contributed by atoms with Crippen molar-refractivity contribution in [2.45, 2.75) is 45.3 Å². The molecule has 35 heavy (non-hydrogen) atoms. The third-order valence-corrected chi connectivity index (χ3v) is 6.55. The number of pyridine rings is 1. The standard InChI is InChI=1S/C28H32N4O3/c1-3-32(4-2)25-13-11-24(12-14-25)30-26(33)28(16-15-22-9-5-6-10-23(22)18-28)31-27(34)35-20-21-8-7-17-29-19-21/h5-14,17,19H,3-4,15-16,18,20H2,1-2H3,(H,30,33)(H,31,34)/t28-/m0/s1. The van der Waals surface area contributed by atoms with Crippen LogP contribution in [0.4, 0.5) is 16.2 Å². The zero-order chi connectivity index (χ0) is 24.7. The fourth-order valence-corrected chi connectivity index (χ4v) is 4.55. The van der Waals surface area contributed by atoms with Crippen LogP contribution in [0.2, 0.25) is 0 Å². The number of hydrogen-bond donors (Lipinski definition) is 2. The second-order valence-corrected chi connectivity index (χ2v) is 8.76. The third-order valence-electron chi connectivity index (χ3n) is 6.55. The Bertz CT molecular complexity index is 1150. The van der Waals surface area contributed by atoms with E-state index in [-0.39, 0.29) is 12.5 Å². The Morgan fingerprint density at radius 2 is 1.74 bits per heavy atom. The summed E-state index contributed by atoms with van der Waals surface area (Å²) in [6.45, 7) is 6.14. The van der Waals surface area contributed by atoms with Gasteiger partial charge in [-0.2, -0.15) is 0 Å². The number of aryl methyl sites for hydroxylation is 1. The van der Waals surface area contributed by atoms with Crippen molar-refractivity contribution < 1.29 is 14.3 Å². The van der Waals surface area contributed by atoms with Gasteiger partial charge in [0.15, 0.2) is 0 Å². The normalized spacial score (nSPS) is 16.6. The van der Waals surface area contributed by atoms with Gasteiger partial charge in [0, 0.05) is 48.8 Å². The van der Waals surface area contributed by atoms with Gasteiger partial charge >= 0.3 is 6.09 Å². The van der Waals surface area contributed by atoms with Crippen LogP contribution in [0, 0.1) is 0 Å². The first-order valence-electron chi connectivity index (χ1n) is 12.1. The van der Waals surface area contributed by atoms with E-state index in [2.05, 4.69) is 40.4 Å². The van der Waals surface area contributed by atoms with Crippen molar-refractivity contribution in [3.8, 4) is 0 Å². The molecule has 2 N–H and O–H groups in total. The topological polar surface area (TPSA) is 83.6 Å². The minimum atomic E-state index is -1.11. The highest BCUT2D eigenvalue weighted by Gasteiger charge is 2.43. The van der Waals surface area contributed by atoms with Crippen molar-refractivity contribution in [3.63, 3.8) is 0 Å². The van der Waals surface area contributed by atoms with Crippen LogP contribution in [-0.2, 0) is 29.0 Å². The quantitative estimate of drug-likeness (QED) is 0.496. The van der Waals surface area contributed by atoms with Gasteiger partial charge in [-0.15, -0.1) is 0 Å². The molecule has 0 aliphatic heterocycles. The van der Waals surface area contributed by atoms with Crippen molar-refractivity contribution >= 4 is 23.4 Å². The van der Waals surface area contributed by atoms with Crippen LogP contribution in [0.15, 0.2) is 73.1 Å². The molecule has 0 fully saturated rings. The molecule has 1 aliphatic carbocycles. The van der Waals surface area contributed by atoms with Gasteiger partial charge in [0.05, 0.1) is 0 Å². The molecule has 0 saturated carbocycles. The van der Waals surface area contributed by atoms with Crippen LogP contribution in [0.25, 0.3) is 0 Å². The lowest BCUT2D eigenvalue weighted by molar-refractivity contribution is -0.122. The van der Waals surface area contributed by atoms with Crippen LogP contribution in [0.1, 0.15) is 37.0 Å². The maximum atomic E-state index is 13.6. The minimum absolute atomic E-state index is 0.0841. The Labute approximate surface area is 206 Å². The smallest absolute Gasteiger partial charge is 0.408 e. The van der Waals surface area contributed by atoms with Gasteiger partial charge in [-0.3, -0.25) is 9.78 Å². The van der Waals surface area contributed by atoms with Gasteiger partial charge in [0.1, 0.15) is 12.1 Å². The molecule has 182 valence electrons. The largest absolute Gasteiger partial charge is 0.445 e. The van der Waals surface area contributed by atoms with Gasteiger partial charge in [-0.25, -0.2) is 4.79 Å². The zero-order valence-electron chi connectivity index (χ0n) is 20.3. The van der Waals surface area contributed by atoms with Gasteiger partial charge < -0.3 is 20.3 Å². The number of rotatable bonds is 8. The first-order valence-corrected chi connectivity index (χ1v) is 12.1. The average molecular weight is 473 g/mol. The van der Waals surface area contributed by atoms with Crippen LogP contribution in [0.5, 0.6) is 0 Å². The summed E-state index contributed by atoms with van der Waals surface area (Å²) in [7, 11) is 0. The fourth-order valence-electron chi connectivity index (χ4n) is 4.55. The van der Waals surface area contributed by atoms with E-state index in [1.54, 1.807) is 18.5 Å². The molecule has 7 nitrogen and oxygen atoms in total. The summed E-state index contributed by atoms with van der Waals surface area (Å²) >= 11 is 0. The number of nitrogens with zero attached hydrogens (tertiary/aromatic N) is 2. The summed E-state index contributed by atoms with van der Waals surface area (Å²) in [6, 6.07) is 19.5. The van der Waals surface area contributed by atoms with Crippen LogP contribution in [-0.4, -0.2) is 35.6 Å². The Morgan fingerprint density at radius 3 is 2.43 bits per heavy atom. The molecule has 0 radical (unpaired) electrons. The van der Waals surface area contributed by atoms with Gasteiger partial charge in [-0.1, -0.05) is 30.3 Å². The second kappa shape index (κ2) is 11.0. The average Bonchev–Trinajstić information content (AvgIpc) is 2.89. The van der Waals surface area contributed by atoms with E-state index in [1.165, 1.54) is 5.56 Å². The number of anilines is 2. The summed E-state index contributed by atoms with van der Waals surface area (Å²) in [5, 5.41) is 5.94. The molecule has 0 bridgehead atoms. The number of carbonyl (C=O) groups excluding carboxylic acids is 2. The van der Waals surface area contributed by atoms with E-state index in [0.717, 1.165) is 29.9 Å². The Hall–Kier alpha value is -3.87. The van der Waals surface area contributed by atoms with Gasteiger partial charge in [0.25, 0.3) is 5.91 Å². The number of benzene rings is 2. The summed E-state index contributed by atoms with van der Waals surface area (Å²) in [5.74, 6) is -0.249. The molecule has 2 amide bonds. The summed E-state index contributed by atoms with van der Waals surface area (Å²) in [5.41, 5.74) is 3.71. The zero-order valence-corrected chi connectivity index (χ0v) is 20.3. The molecular formula is C28H32N4O3. The van der Waals surface area contributed by atoms with Gasteiger partial charge in [0.2, 0.25) is 0 Å². The predicted molar refractivity (Wildman–Crippen MR) is 137 cm³/mol. The van der Waals surface area contributed by atoms with E-state index >= 15 is 0 Å². The number of carbonyl (C=O) groups is 2. The fraction of sp³-hybridized carbons (Fsp3) is 0.321. The molecule has 1 aliphatic rings. The summed E-state index contributed by atoms with van der Waals surface area (Å²) < 4.78 is 5.44. The molecule has 0 unspecified atom stereocenters. The van der Waals surface area contributed by atoms with E-state index in [0.29, 0.717) is 24.9 Å². The lowest BCUT2D eigenvalue weighted by Gasteiger charge is -2.37. The third kappa shape index (κ3) is 5.80. The Morgan fingerprint density at radius 1 is 1.00 bits per heavy atom. The SMILES string of the molecule is CCN(CC)c1ccc(NC(=O)[C@]2(NC(=O)OCc3cccnc3)CCc3ccccc3C2)cc1. The number of ether oxygens (including phenoxy) is 1. The molecule has 0 spiro atoms. The number of amides is 2. The van der Waals surface area contributed by atoms with Crippen molar-refractivity contribution in [2.75, 3.05) is 23.3 Å².